The van der Waals surface area contributed by atoms with Gasteiger partial charge in [-0.15, -0.1) is 0 Å². The van der Waals surface area contributed by atoms with E-state index in [0.29, 0.717) is 23.6 Å². The van der Waals surface area contributed by atoms with E-state index in [4.69, 9.17) is 9.47 Å². The highest BCUT2D eigenvalue weighted by Crippen LogP contribution is 2.26. The molecule has 1 rings (SSSR count). The molecule has 5 nitrogen and oxygen atoms in total. The summed E-state index contributed by atoms with van der Waals surface area (Å²) in [5.74, 6) is -0.219. The summed E-state index contributed by atoms with van der Waals surface area (Å²) in [7, 11) is 1.33. The van der Waals surface area contributed by atoms with Gasteiger partial charge in [0.25, 0.3) is 0 Å². The first-order valence-electron chi connectivity index (χ1n) is 10.3. The molecule has 0 radical (unpaired) electrons. The second-order valence-corrected chi connectivity index (χ2v) is 7.65. The molecular formula is C25H35NO4. The van der Waals surface area contributed by atoms with Crippen LogP contribution in [0.1, 0.15) is 70.7 Å². The predicted molar refractivity (Wildman–Crippen MR) is 123 cm³/mol. The molecule has 0 fully saturated rings. The summed E-state index contributed by atoms with van der Waals surface area (Å²) in [5, 5.41) is 2.72. The van der Waals surface area contributed by atoms with Crippen LogP contribution in [0.15, 0.2) is 53.1 Å². The van der Waals surface area contributed by atoms with Gasteiger partial charge < -0.3 is 14.8 Å². The maximum Gasteiger partial charge on any atom is 0.337 e. The molecular weight excluding hydrogens is 378 g/mol. The summed E-state index contributed by atoms with van der Waals surface area (Å²) in [6.45, 7) is 10.3. The molecule has 0 saturated carbocycles. The minimum absolute atomic E-state index is 0.205. The fourth-order valence-corrected chi connectivity index (χ4v) is 2.79. The Balaban J connectivity index is 2.65. The SMILES string of the molecule is COC(=O)c1ccc(NC(C)=O)c(OC/C=C(\C)CC/C=C(\C)CCC=C(C)C)c1. The van der Waals surface area contributed by atoms with Crippen molar-refractivity contribution in [2.24, 2.45) is 0 Å². The molecule has 0 aliphatic rings. The van der Waals surface area contributed by atoms with E-state index in [1.54, 1.807) is 18.2 Å². The van der Waals surface area contributed by atoms with Crippen LogP contribution in [0.2, 0.25) is 0 Å². The Kier molecular flexibility index (Phi) is 11.3. The molecule has 0 spiro atoms. The fraction of sp³-hybridized carbons (Fsp3) is 0.440. The number of allylic oxidation sites excluding steroid dienone is 5. The van der Waals surface area contributed by atoms with Crippen molar-refractivity contribution in [3.8, 4) is 5.75 Å². The van der Waals surface area contributed by atoms with E-state index < -0.39 is 5.97 Å². The summed E-state index contributed by atoms with van der Waals surface area (Å²) in [6, 6.07) is 4.82. The molecule has 5 heteroatoms. The van der Waals surface area contributed by atoms with Crippen LogP contribution in [0.3, 0.4) is 0 Å². The van der Waals surface area contributed by atoms with Crippen molar-refractivity contribution in [3.05, 3.63) is 58.7 Å². The number of anilines is 1. The van der Waals surface area contributed by atoms with Gasteiger partial charge in [-0.2, -0.15) is 0 Å². The van der Waals surface area contributed by atoms with Crippen LogP contribution in [0.4, 0.5) is 5.69 Å². The molecule has 1 amide bonds. The molecule has 0 atom stereocenters. The Labute approximate surface area is 180 Å². The van der Waals surface area contributed by atoms with Gasteiger partial charge >= 0.3 is 5.97 Å². The molecule has 0 aliphatic carbocycles. The van der Waals surface area contributed by atoms with Crippen molar-refractivity contribution in [2.75, 3.05) is 19.0 Å². The quantitative estimate of drug-likeness (QED) is 0.345. The first kappa shape index (κ1) is 25.2. The minimum atomic E-state index is -0.451. The highest BCUT2D eigenvalue weighted by molar-refractivity contribution is 5.94. The average Bonchev–Trinajstić information content (AvgIpc) is 2.67. The van der Waals surface area contributed by atoms with Gasteiger partial charge in [0, 0.05) is 6.92 Å². The van der Waals surface area contributed by atoms with Crippen molar-refractivity contribution in [1.29, 1.82) is 0 Å². The fourth-order valence-electron chi connectivity index (χ4n) is 2.79. The zero-order valence-electron chi connectivity index (χ0n) is 19.1. The third-order valence-electron chi connectivity index (χ3n) is 4.51. The lowest BCUT2D eigenvalue weighted by molar-refractivity contribution is -0.114. The molecule has 0 saturated heterocycles. The summed E-state index contributed by atoms with van der Waals surface area (Å²) in [6.07, 6.45) is 10.7. The van der Waals surface area contributed by atoms with Gasteiger partial charge in [-0.25, -0.2) is 4.79 Å². The first-order chi connectivity index (χ1) is 14.2. The van der Waals surface area contributed by atoms with E-state index in [9.17, 15) is 9.59 Å². The van der Waals surface area contributed by atoms with Crippen LogP contribution >= 0.6 is 0 Å². The van der Waals surface area contributed by atoms with Crippen molar-refractivity contribution in [1.82, 2.24) is 0 Å². The zero-order valence-corrected chi connectivity index (χ0v) is 19.1. The number of nitrogens with one attached hydrogen (secondary N) is 1. The second kappa shape index (κ2) is 13.4. The summed E-state index contributed by atoms with van der Waals surface area (Å²) in [5.41, 5.74) is 4.90. The molecule has 30 heavy (non-hydrogen) atoms. The lowest BCUT2D eigenvalue weighted by Crippen LogP contribution is -2.09. The molecule has 0 aromatic heterocycles. The highest BCUT2D eigenvalue weighted by Gasteiger charge is 2.11. The van der Waals surface area contributed by atoms with Gasteiger partial charge in [-0.05, 0) is 77.7 Å². The number of hydrogen-bond acceptors (Lipinski definition) is 4. The normalized spacial score (nSPS) is 11.7. The highest BCUT2D eigenvalue weighted by atomic mass is 16.5. The Morgan fingerprint density at radius 3 is 2.17 bits per heavy atom. The van der Waals surface area contributed by atoms with Crippen molar-refractivity contribution < 1.29 is 19.1 Å². The summed E-state index contributed by atoms with van der Waals surface area (Å²) < 4.78 is 10.6. The number of ether oxygens (including phenoxy) is 2. The van der Waals surface area contributed by atoms with E-state index in [-0.39, 0.29) is 5.91 Å². The number of methoxy groups -OCH3 is 1. The van der Waals surface area contributed by atoms with Crippen molar-refractivity contribution in [2.45, 2.75) is 60.3 Å². The van der Waals surface area contributed by atoms with Gasteiger partial charge in [0.2, 0.25) is 5.91 Å². The van der Waals surface area contributed by atoms with Gasteiger partial charge in [-0.3, -0.25) is 4.79 Å². The zero-order chi connectivity index (χ0) is 22.5. The van der Waals surface area contributed by atoms with E-state index in [0.717, 1.165) is 25.7 Å². The topological polar surface area (TPSA) is 64.6 Å². The van der Waals surface area contributed by atoms with Crippen LogP contribution in [-0.4, -0.2) is 25.6 Å². The number of carbonyl (C=O) groups is 2. The Morgan fingerprint density at radius 2 is 1.57 bits per heavy atom. The minimum Gasteiger partial charge on any atom is -0.487 e. The number of amides is 1. The van der Waals surface area contributed by atoms with Crippen LogP contribution in [0, 0.1) is 0 Å². The molecule has 0 unspecified atom stereocenters. The molecule has 1 N–H and O–H groups in total. The lowest BCUT2D eigenvalue weighted by Gasteiger charge is -2.12. The molecule has 1 aromatic carbocycles. The lowest BCUT2D eigenvalue weighted by atomic mass is 10.1. The summed E-state index contributed by atoms with van der Waals surface area (Å²) >= 11 is 0. The maximum absolute atomic E-state index is 11.8. The molecule has 0 aliphatic heterocycles. The third-order valence-corrected chi connectivity index (χ3v) is 4.51. The Hall–Kier alpha value is -2.82. The smallest absolute Gasteiger partial charge is 0.337 e. The number of rotatable bonds is 11. The van der Waals surface area contributed by atoms with Crippen LogP contribution < -0.4 is 10.1 Å². The van der Waals surface area contributed by atoms with E-state index >= 15 is 0 Å². The van der Waals surface area contributed by atoms with Crippen LogP contribution in [0.5, 0.6) is 5.75 Å². The Bertz CT molecular complexity index is 814. The van der Waals surface area contributed by atoms with Gasteiger partial charge in [0.05, 0.1) is 18.4 Å². The van der Waals surface area contributed by atoms with Crippen LogP contribution in [0.25, 0.3) is 0 Å². The predicted octanol–water partition coefficient (Wildman–Crippen LogP) is 6.23. The summed E-state index contributed by atoms with van der Waals surface area (Å²) in [4.78, 5) is 23.2. The van der Waals surface area contributed by atoms with Crippen LogP contribution in [-0.2, 0) is 9.53 Å². The number of hydrogen-bond donors (Lipinski definition) is 1. The molecule has 1 aromatic rings. The van der Waals surface area contributed by atoms with E-state index in [1.807, 2.05) is 6.08 Å². The molecule has 0 heterocycles. The number of carbonyl (C=O) groups excluding carboxylic acids is 2. The first-order valence-corrected chi connectivity index (χ1v) is 10.3. The van der Waals surface area contributed by atoms with Gasteiger partial charge in [-0.1, -0.05) is 28.9 Å². The largest absolute Gasteiger partial charge is 0.487 e. The maximum atomic E-state index is 11.8. The molecule has 0 bridgehead atoms. The number of benzene rings is 1. The molecule has 164 valence electrons. The second-order valence-electron chi connectivity index (χ2n) is 7.65. The van der Waals surface area contributed by atoms with Gasteiger partial charge in [0.1, 0.15) is 12.4 Å². The van der Waals surface area contributed by atoms with Crippen molar-refractivity contribution in [3.63, 3.8) is 0 Å². The van der Waals surface area contributed by atoms with Gasteiger partial charge in [0.15, 0.2) is 0 Å². The third kappa shape index (κ3) is 10.1. The van der Waals surface area contributed by atoms with Crippen molar-refractivity contribution >= 4 is 17.6 Å². The standard InChI is InChI=1S/C25H35NO4/c1-18(2)9-7-10-19(3)11-8-12-20(4)15-16-30-24-17-22(25(28)29-6)13-14-23(24)26-21(5)27/h9,11,13-15,17H,7-8,10,12,16H2,1-6H3,(H,26,27)/b19-11+,20-15+. The average molecular weight is 414 g/mol. The van der Waals surface area contributed by atoms with E-state index in [2.05, 4.69) is 45.2 Å². The Morgan fingerprint density at radius 1 is 0.933 bits per heavy atom. The van der Waals surface area contributed by atoms with E-state index in [1.165, 1.54) is 30.8 Å². The number of esters is 1. The monoisotopic (exact) mass is 413 g/mol.